The summed E-state index contributed by atoms with van der Waals surface area (Å²) in [5, 5.41) is 3.17. The Morgan fingerprint density at radius 3 is 2.63 bits per heavy atom. The molecule has 1 saturated heterocycles. The van der Waals surface area contributed by atoms with E-state index in [4.69, 9.17) is 5.73 Å². The van der Waals surface area contributed by atoms with Crippen molar-refractivity contribution in [1.82, 2.24) is 9.62 Å². The predicted octanol–water partition coefficient (Wildman–Crippen LogP) is 0.257. The molecule has 0 aromatic carbocycles. The van der Waals surface area contributed by atoms with Gasteiger partial charge in [0.25, 0.3) is 0 Å². The molecule has 0 aromatic heterocycles. The van der Waals surface area contributed by atoms with Gasteiger partial charge >= 0.3 is 0 Å². The molecule has 7 heteroatoms. The molecule has 0 spiro atoms. The van der Waals surface area contributed by atoms with Gasteiger partial charge in [-0.15, -0.1) is 0 Å². The number of nitrogens with zero attached hydrogens (tertiary/aromatic N) is 2. The molecule has 1 atom stereocenters. The first-order valence-electron chi connectivity index (χ1n) is 7.00. The van der Waals surface area contributed by atoms with Crippen LogP contribution in [0.1, 0.15) is 38.5 Å². The standard InChI is InChI=1S/C12H24N4O2S/c1-19(17,18)16-8-3-2-7-11(16)9-14-12(13)15-10-5-4-6-10/h10-11H,2-9H2,1H3,(H3,13,14,15). The van der Waals surface area contributed by atoms with Gasteiger partial charge in [0.2, 0.25) is 10.0 Å². The third-order valence-corrected chi connectivity index (χ3v) is 5.26. The van der Waals surface area contributed by atoms with Crippen LogP contribution in [0.2, 0.25) is 0 Å². The zero-order chi connectivity index (χ0) is 13.9. The van der Waals surface area contributed by atoms with Crippen LogP contribution in [0, 0.1) is 0 Å². The number of guanidine groups is 1. The van der Waals surface area contributed by atoms with Crippen LogP contribution in [0.3, 0.4) is 0 Å². The van der Waals surface area contributed by atoms with Crippen molar-refractivity contribution >= 4 is 16.0 Å². The van der Waals surface area contributed by atoms with Gasteiger partial charge in [0.05, 0.1) is 12.8 Å². The lowest BCUT2D eigenvalue weighted by atomic mass is 9.93. The number of nitrogens with one attached hydrogen (secondary N) is 1. The molecular formula is C12H24N4O2S. The highest BCUT2D eigenvalue weighted by Gasteiger charge is 2.29. The van der Waals surface area contributed by atoms with Gasteiger partial charge in [-0.3, -0.25) is 4.99 Å². The fourth-order valence-electron chi connectivity index (χ4n) is 2.60. The highest BCUT2D eigenvalue weighted by atomic mass is 32.2. The van der Waals surface area contributed by atoms with Crippen molar-refractivity contribution in [1.29, 1.82) is 0 Å². The lowest BCUT2D eigenvalue weighted by molar-refractivity contribution is 0.259. The summed E-state index contributed by atoms with van der Waals surface area (Å²) in [4.78, 5) is 4.31. The Bertz CT molecular complexity index is 431. The first-order valence-corrected chi connectivity index (χ1v) is 8.85. The van der Waals surface area contributed by atoms with Crippen molar-refractivity contribution in [3.63, 3.8) is 0 Å². The minimum atomic E-state index is -3.14. The van der Waals surface area contributed by atoms with E-state index in [1.54, 1.807) is 4.31 Å². The predicted molar refractivity (Wildman–Crippen MR) is 76.5 cm³/mol. The van der Waals surface area contributed by atoms with Gasteiger partial charge < -0.3 is 11.1 Å². The second kappa shape index (κ2) is 6.09. The molecule has 2 rings (SSSR count). The monoisotopic (exact) mass is 288 g/mol. The summed E-state index contributed by atoms with van der Waals surface area (Å²) in [7, 11) is -3.14. The molecule has 0 amide bonds. The van der Waals surface area contributed by atoms with Crippen LogP contribution in [0.25, 0.3) is 0 Å². The molecule has 3 N–H and O–H groups in total. The number of hydrogen-bond acceptors (Lipinski definition) is 3. The summed E-state index contributed by atoms with van der Waals surface area (Å²) in [5.74, 6) is 0.448. The van der Waals surface area contributed by atoms with Crippen molar-refractivity contribution in [3.8, 4) is 0 Å². The summed E-state index contributed by atoms with van der Waals surface area (Å²) >= 11 is 0. The molecule has 0 aromatic rings. The summed E-state index contributed by atoms with van der Waals surface area (Å²) in [6.07, 6.45) is 7.67. The van der Waals surface area contributed by atoms with Gasteiger partial charge in [-0.1, -0.05) is 6.42 Å². The molecular weight excluding hydrogens is 264 g/mol. The molecule has 1 aliphatic carbocycles. The highest BCUT2D eigenvalue weighted by molar-refractivity contribution is 7.88. The van der Waals surface area contributed by atoms with E-state index < -0.39 is 10.0 Å². The molecule has 1 saturated carbocycles. The van der Waals surface area contributed by atoms with E-state index in [2.05, 4.69) is 10.3 Å². The van der Waals surface area contributed by atoms with E-state index in [1.165, 1.54) is 12.7 Å². The van der Waals surface area contributed by atoms with E-state index >= 15 is 0 Å². The molecule has 0 radical (unpaired) electrons. The van der Waals surface area contributed by atoms with Crippen LogP contribution >= 0.6 is 0 Å². The number of piperidine rings is 1. The van der Waals surface area contributed by atoms with Gasteiger partial charge in [0.15, 0.2) is 5.96 Å². The van der Waals surface area contributed by atoms with E-state index in [1.807, 2.05) is 0 Å². The Balaban J connectivity index is 1.90. The summed E-state index contributed by atoms with van der Waals surface area (Å²) in [6, 6.07) is 0.423. The maximum absolute atomic E-state index is 11.7. The highest BCUT2D eigenvalue weighted by Crippen LogP contribution is 2.20. The maximum Gasteiger partial charge on any atom is 0.211 e. The first-order chi connectivity index (χ1) is 8.97. The second-order valence-corrected chi connectivity index (χ2v) is 7.46. The first kappa shape index (κ1) is 14.6. The number of hydrogen-bond donors (Lipinski definition) is 2. The van der Waals surface area contributed by atoms with Crippen molar-refractivity contribution < 1.29 is 8.42 Å². The van der Waals surface area contributed by atoms with Gasteiger partial charge in [-0.25, -0.2) is 8.42 Å². The summed E-state index contributed by atoms with van der Waals surface area (Å²) in [6.45, 7) is 1.06. The van der Waals surface area contributed by atoms with Gasteiger partial charge in [0, 0.05) is 18.6 Å². The molecule has 1 aliphatic heterocycles. The lowest BCUT2D eigenvalue weighted by Gasteiger charge is -2.33. The molecule has 0 bridgehead atoms. The molecule has 19 heavy (non-hydrogen) atoms. The fraction of sp³-hybridized carbons (Fsp3) is 0.917. The molecule has 1 unspecified atom stereocenters. The van der Waals surface area contributed by atoms with E-state index in [9.17, 15) is 8.42 Å². The van der Waals surface area contributed by atoms with Gasteiger partial charge in [-0.2, -0.15) is 4.31 Å². The van der Waals surface area contributed by atoms with Crippen LogP contribution in [0.4, 0.5) is 0 Å². The van der Waals surface area contributed by atoms with Crippen LogP contribution in [0.5, 0.6) is 0 Å². The molecule has 6 nitrogen and oxygen atoms in total. The zero-order valence-electron chi connectivity index (χ0n) is 11.5. The maximum atomic E-state index is 11.7. The lowest BCUT2D eigenvalue weighted by Crippen LogP contribution is -2.47. The van der Waals surface area contributed by atoms with Crippen molar-refractivity contribution in [2.75, 3.05) is 19.3 Å². The number of sulfonamides is 1. The molecule has 2 aliphatic rings. The van der Waals surface area contributed by atoms with Crippen molar-refractivity contribution in [3.05, 3.63) is 0 Å². The topological polar surface area (TPSA) is 87.8 Å². The Morgan fingerprint density at radius 2 is 2.05 bits per heavy atom. The van der Waals surface area contributed by atoms with Crippen molar-refractivity contribution in [2.24, 2.45) is 10.7 Å². The summed E-state index contributed by atoms with van der Waals surface area (Å²) < 4.78 is 25.0. The number of rotatable bonds is 4. The van der Waals surface area contributed by atoms with Crippen LogP contribution in [-0.2, 0) is 10.0 Å². The van der Waals surface area contributed by atoms with Gasteiger partial charge in [-0.05, 0) is 32.1 Å². The Hall–Kier alpha value is -0.820. The minimum absolute atomic E-state index is 0.0366. The second-order valence-electron chi connectivity index (χ2n) is 5.52. The number of aliphatic imine (C=N–C) groups is 1. The SMILES string of the molecule is CS(=O)(=O)N1CCCCC1CN=C(N)NC1CCC1. The van der Waals surface area contributed by atoms with Crippen LogP contribution < -0.4 is 11.1 Å². The summed E-state index contributed by atoms with van der Waals surface area (Å²) in [5.41, 5.74) is 5.83. The average Bonchev–Trinajstić information content (AvgIpc) is 2.30. The van der Waals surface area contributed by atoms with Gasteiger partial charge in [0.1, 0.15) is 0 Å². The van der Waals surface area contributed by atoms with Crippen molar-refractivity contribution in [2.45, 2.75) is 50.6 Å². The average molecular weight is 288 g/mol. The smallest absolute Gasteiger partial charge is 0.211 e. The van der Waals surface area contributed by atoms with Crippen LogP contribution in [-0.4, -0.2) is 50.1 Å². The zero-order valence-corrected chi connectivity index (χ0v) is 12.3. The van der Waals surface area contributed by atoms with E-state index in [-0.39, 0.29) is 6.04 Å². The largest absolute Gasteiger partial charge is 0.370 e. The molecule has 1 heterocycles. The molecule has 2 fully saturated rings. The molecule has 110 valence electrons. The van der Waals surface area contributed by atoms with Crippen LogP contribution in [0.15, 0.2) is 4.99 Å². The minimum Gasteiger partial charge on any atom is -0.370 e. The van der Waals surface area contributed by atoms with E-state index in [0.717, 1.165) is 32.1 Å². The van der Waals surface area contributed by atoms with E-state index in [0.29, 0.717) is 25.1 Å². The Kier molecular flexibility index (Phi) is 4.67. The normalized spacial score (nSPS) is 27.0. The third kappa shape index (κ3) is 4.07. The quantitative estimate of drug-likeness (QED) is 0.573. The third-order valence-electron chi connectivity index (χ3n) is 3.93. The fourth-order valence-corrected chi connectivity index (χ4v) is 3.78. The Morgan fingerprint density at radius 1 is 1.32 bits per heavy atom. The Labute approximate surface area is 115 Å². The number of nitrogens with two attached hydrogens (primary N) is 1.